The molecule has 2 nitrogen and oxygen atoms in total. The van der Waals surface area contributed by atoms with E-state index in [1.807, 2.05) is 12.1 Å². The largest absolute Gasteiger partial charge is 0.323 e. The molecule has 116 valence electrons. The average molecular weight is 346 g/mol. The summed E-state index contributed by atoms with van der Waals surface area (Å²) in [4.78, 5) is 12.6. The molecule has 0 spiro atoms. The molecule has 0 saturated heterocycles. The van der Waals surface area contributed by atoms with Crippen molar-refractivity contribution in [3.63, 3.8) is 0 Å². The van der Waals surface area contributed by atoms with E-state index in [2.05, 4.69) is 5.32 Å². The summed E-state index contributed by atoms with van der Waals surface area (Å²) in [5.41, 5.74) is -0.375. The molecule has 2 aromatic carbocycles. The van der Waals surface area contributed by atoms with Gasteiger partial charge >= 0.3 is 0 Å². The van der Waals surface area contributed by atoms with E-state index in [0.29, 0.717) is 10.8 Å². The van der Waals surface area contributed by atoms with E-state index in [-0.39, 0.29) is 12.1 Å². The van der Waals surface area contributed by atoms with E-state index in [1.165, 1.54) is 11.8 Å². The maximum Gasteiger partial charge on any atom is 0.225 e. The van der Waals surface area contributed by atoms with Crippen LogP contribution in [-0.4, -0.2) is 11.7 Å². The molecule has 0 aliphatic rings. The van der Waals surface area contributed by atoms with Crippen LogP contribution in [-0.2, 0) is 4.79 Å². The zero-order valence-corrected chi connectivity index (χ0v) is 12.8. The minimum Gasteiger partial charge on any atom is -0.323 e. The second kappa shape index (κ2) is 7.56. The molecule has 22 heavy (non-hydrogen) atoms. The molecule has 1 N–H and O–H groups in total. The van der Waals surface area contributed by atoms with Gasteiger partial charge in [0.05, 0.1) is 5.69 Å². The average Bonchev–Trinajstić information content (AvgIpc) is 2.50. The standard InChI is InChI=1S/C15H11ClF3NOS/c16-9-1-3-10(4-2-9)22-8-7-13(21)20-12-6-5-11(17)14(18)15(12)19/h1-6H,7-8H2,(H,20,21). The van der Waals surface area contributed by atoms with E-state index < -0.39 is 23.4 Å². The summed E-state index contributed by atoms with van der Waals surface area (Å²) in [6.07, 6.45) is 0.103. The van der Waals surface area contributed by atoms with E-state index in [4.69, 9.17) is 11.6 Å². The Morgan fingerprint density at radius 1 is 1.05 bits per heavy atom. The van der Waals surface area contributed by atoms with Crippen LogP contribution < -0.4 is 5.32 Å². The van der Waals surface area contributed by atoms with Crippen molar-refractivity contribution in [2.45, 2.75) is 11.3 Å². The lowest BCUT2D eigenvalue weighted by molar-refractivity contribution is -0.115. The van der Waals surface area contributed by atoms with Gasteiger partial charge in [-0.15, -0.1) is 11.8 Å². The van der Waals surface area contributed by atoms with Crippen molar-refractivity contribution in [3.8, 4) is 0 Å². The minimum atomic E-state index is -1.60. The predicted octanol–water partition coefficient (Wildman–Crippen LogP) is 4.88. The van der Waals surface area contributed by atoms with Crippen LogP contribution in [0.1, 0.15) is 6.42 Å². The third kappa shape index (κ3) is 4.42. The number of benzene rings is 2. The van der Waals surface area contributed by atoms with Gasteiger partial charge in [-0.05, 0) is 36.4 Å². The molecule has 2 rings (SSSR count). The lowest BCUT2D eigenvalue weighted by atomic mass is 10.2. The second-order valence-electron chi connectivity index (χ2n) is 4.32. The Balaban J connectivity index is 1.86. The molecule has 0 radical (unpaired) electrons. The number of rotatable bonds is 5. The second-order valence-corrected chi connectivity index (χ2v) is 5.93. The highest BCUT2D eigenvalue weighted by Crippen LogP contribution is 2.22. The molecule has 0 heterocycles. The van der Waals surface area contributed by atoms with Crippen LogP contribution in [0.15, 0.2) is 41.3 Å². The fourth-order valence-electron chi connectivity index (χ4n) is 1.63. The number of anilines is 1. The van der Waals surface area contributed by atoms with Gasteiger partial charge in [-0.3, -0.25) is 4.79 Å². The summed E-state index contributed by atoms with van der Waals surface area (Å²) in [5.74, 6) is -4.33. The first kappa shape index (κ1) is 16.7. The zero-order valence-electron chi connectivity index (χ0n) is 11.2. The quantitative estimate of drug-likeness (QED) is 0.618. The Morgan fingerprint density at radius 2 is 1.73 bits per heavy atom. The van der Waals surface area contributed by atoms with Crippen molar-refractivity contribution >= 4 is 35.0 Å². The first-order valence-electron chi connectivity index (χ1n) is 6.29. The van der Waals surface area contributed by atoms with Crippen molar-refractivity contribution in [1.82, 2.24) is 0 Å². The summed E-state index contributed by atoms with van der Waals surface area (Å²) in [7, 11) is 0. The van der Waals surface area contributed by atoms with E-state index in [0.717, 1.165) is 17.0 Å². The maximum atomic E-state index is 13.4. The monoisotopic (exact) mass is 345 g/mol. The molecule has 0 unspecified atom stereocenters. The molecular formula is C15H11ClF3NOS. The minimum absolute atomic E-state index is 0.103. The lowest BCUT2D eigenvalue weighted by Gasteiger charge is -2.07. The summed E-state index contributed by atoms with van der Waals surface area (Å²) in [6.45, 7) is 0. The van der Waals surface area contributed by atoms with Crippen LogP contribution in [0.25, 0.3) is 0 Å². The highest BCUT2D eigenvalue weighted by Gasteiger charge is 2.15. The normalized spacial score (nSPS) is 10.5. The molecular weight excluding hydrogens is 335 g/mol. The Labute approximate surface area is 134 Å². The highest BCUT2D eigenvalue weighted by molar-refractivity contribution is 7.99. The maximum absolute atomic E-state index is 13.4. The predicted molar refractivity (Wildman–Crippen MR) is 81.7 cm³/mol. The number of thioether (sulfide) groups is 1. The molecule has 0 fully saturated rings. The number of carbonyl (C=O) groups is 1. The number of carbonyl (C=O) groups excluding carboxylic acids is 1. The van der Waals surface area contributed by atoms with E-state index in [1.54, 1.807) is 12.1 Å². The van der Waals surface area contributed by atoms with Crippen LogP contribution in [0.2, 0.25) is 5.02 Å². The zero-order chi connectivity index (χ0) is 16.1. The fourth-order valence-corrected chi connectivity index (χ4v) is 2.61. The van der Waals surface area contributed by atoms with Crippen LogP contribution in [0.5, 0.6) is 0 Å². The van der Waals surface area contributed by atoms with E-state index >= 15 is 0 Å². The molecule has 2 aromatic rings. The topological polar surface area (TPSA) is 29.1 Å². The van der Waals surface area contributed by atoms with Crippen molar-refractivity contribution in [1.29, 1.82) is 0 Å². The van der Waals surface area contributed by atoms with Gasteiger partial charge in [-0.1, -0.05) is 11.6 Å². The van der Waals surface area contributed by atoms with Crippen LogP contribution in [0.4, 0.5) is 18.9 Å². The Morgan fingerprint density at radius 3 is 2.41 bits per heavy atom. The van der Waals surface area contributed by atoms with Gasteiger partial charge in [0.2, 0.25) is 5.91 Å². The molecule has 1 amide bonds. The summed E-state index contributed by atoms with van der Waals surface area (Å²) < 4.78 is 39.2. The van der Waals surface area contributed by atoms with Gasteiger partial charge in [0.25, 0.3) is 0 Å². The van der Waals surface area contributed by atoms with Crippen molar-refractivity contribution in [3.05, 3.63) is 58.9 Å². The molecule has 0 aliphatic heterocycles. The van der Waals surface area contributed by atoms with Crippen LogP contribution in [0.3, 0.4) is 0 Å². The summed E-state index contributed by atoms with van der Waals surface area (Å²) in [5, 5.41) is 2.84. The summed E-state index contributed by atoms with van der Waals surface area (Å²) in [6, 6.07) is 8.86. The van der Waals surface area contributed by atoms with Gasteiger partial charge in [-0.25, -0.2) is 13.2 Å². The Kier molecular flexibility index (Phi) is 5.74. The first-order chi connectivity index (χ1) is 10.5. The number of halogens is 4. The number of hydrogen-bond acceptors (Lipinski definition) is 2. The Hall–Kier alpha value is -1.66. The number of amides is 1. The first-order valence-corrected chi connectivity index (χ1v) is 7.65. The summed E-state index contributed by atoms with van der Waals surface area (Å²) >= 11 is 7.19. The third-order valence-electron chi connectivity index (χ3n) is 2.72. The van der Waals surface area contributed by atoms with Gasteiger partial charge in [0.1, 0.15) is 0 Å². The molecule has 0 atom stereocenters. The van der Waals surface area contributed by atoms with Crippen molar-refractivity contribution < 1.29 is 18.0 Å². The van der Waals surface area contributed by atoms with E-state index in [9.17, 15) is 18.0 Å². The number of nitrogens with one attached hydrogen (secondary N) is 1. The van der Waals surface area contributed by atoms with Crippen LogP contribution >= 0.6 is 23.4 Å². The molecule has 0 bridgehead atoms. The fraction of sp³-hybridized carbons (Fsp3) is 0.133. The number of hydrogen-bond donors (Lipinski definition) is 1. The third-order valence-corrected chi connectivity index (χ3v) is 3.99. The lowest BCUT2D eigenvalue weighted by Crippen LogP contribution is -2.14. The van der Waals surface area contributed by atoms with Gasteiger partial charge in [0.15, 0.2) is 17.5 Å². The van der Waals surface area contributed by atoms with Crippen LogP contribution in [0, 0.1) is 17.5 Å². The van der Waals surface area contributed by atoms with Gasteiger partial charge in [0, 0.05) is 22.1 Å². The molecule has 0 aromatic heterocycles. The van der Waals surface area contributed by atoms with Gasteiger partial charge < -0.3 is 5.32 Å². The van der Waals surface area contributed by atoms with Crippen molar-refractivity contribution in [2.24, 2.45) is 0 Å². The SMILES string of the molecule is O=C(CCSc1ccc(Cl)cc1)Nc1ccc(F)c(F)c1F. The molecule has 7 heteroatoms. The highest BCUT2D eigenvalue weighted by atomic mass is 35.5. The molecule has 0 saturated carbocycles. The van der Waals surface area contributed by atoms with Gasteiger partial charge in [-0.2, -0.15) is 0 Å². The van der Waals surface area contributed by atoms with Crippen molar-refractivity contribution in [2.75, 3.05) is 11.1 Å². The Bertz CT molecular complexity index is 679. The molecule has 0 aliphatic carbocycles. The smallest absolute Gasteiger partial charge is 0.225 e.